The van der Waals surface area contributed by atoms with Crippen LogP contribution in [0.5, 0.6) is 0 Å². The van der Waals surface area contributed by atoms with E-state index in [4.69, 9.17) is 0 Å². The molecule has 0 heterocycles. The van der Waals surface area contributed by atoms with Crippen LogP contribution < -0.4 is 5.32 Å². The summed E-state index contributed by atoms with van der Waals surface area (Å²) in [6.07, 6.45) is 1.66. The van der Waals surface area contributed by atoms with E-state index in [1.54, 1.807) is 0 Å². The molecule has 1 aliphatic rings. The Hall–Kier alpha value is -1.61. The molecule has 0 spiro atoms. The van der Waals surface area contributed by atoms with Gasteiger partial charge in [0, 0.05) is 16.1 Å². The lowest BCUT2D eigenvalue weighted by Crippen LogP contribution is -2.23. The first-order chi connectivity index (χ1) is 9.63. The molecule has 1 aliphatic carbocycles. The third kappa shape index (κ3) is 2.63. The number of halogens is 1. The number of hydrogen-bond acceptors (Lipinski definition) is 1. The molecule has 20 heavy (non-hydrogen) atoms. The van der Waals surface area contributed by atoms with Gasteiger partial charge in [-0.05, 0) is 54.7 Å². The predicted octanol–water partition coefficient (Wildman–Crippen LogP) is 4.11. The second-order valence-electron chi connectivity index (χ2n) is 5.32. The number of carbonyl (C=O) groups is 1. The SMILES string of the molecule is Cc1ccccc1NC(=O)C1Cc2ccc(Br)cc2C1. The fourth-order valence-electron chi connectivity index (χ4n) is 2.72. The molecule has 1 atom stereocenters. The van der Waals surface area contributed by atoms with E-state index in [1.165, 1.54) is 11.1 Å². The molecule has 102 valence electrons. The van der Waals surface area contributed by atoms with Crippen molar-refractivity contribution in [1.82, 2.24) is 0 Å². The molecule has 3 rings (SSSR count). The molecule has 2 aromatic carbocycles. The van der Waals surface area contributed by atoms with Crippen LogP contribution in [0.1, 0.15) is 16.7 Å². The summed E-state index contributed by atoms with van der Waals surface area (Å²) in [6, 6.07) is 14.2. The third-order valence-corrected chi connectivity index (χ3v) is 4.37. The smallest absolute Gasteiger partial charge is 0.228 e. The van der Waals surface area contributed by atoms with Gasteiger partial charge in [0.15, 0.2) is 0 Å². The zero-order valence-electron chi connectivity index (χ0n) is 11.3. The second kappa shape index (κ2) is 5.41. The molecule has 1 unspecified atom stereocenters. The van der Waals surface area contributed by atoms with Crippen LogP contribution >= 0.6 is 15.9 Å². The maximum Gasteiger partial charge on any atom is 0.228 e. The Morgan fingerprint density at radius 3 is 2.70 bits per heavy atom. The van der Waals surface area contributed by atoms with Crippen molar-refractivity contribution in [3.05, 3.63) is 63.6 Å². The average Bonchev–Trinajstić information content (AvgIpc) is 2.84. The molecule has 0 saturated carbocycles. The van der Waals surface area contributed by atoms with Crippen LogP contribution in [-0.2, 0) is 17.6 Å². The van der Waals surface area contributed by atoms with Gasteiger partial charge in [-0.15, -0.1) is 0 Å². The van der Waals surface area contributed by atoms with Crippen molar-refractivity contribution in [1.29, 1.82) is 0 Å². The Morgan fingerprint density at radius 2 is 1.90 bits per heavy atom. The largest absolute Gasteiger partial charge is 0.326 e. The maximum atomic E-state index is 12.4. The molecule has 0 radical (unpaired) electrons. The van der Waals surface area contributed by atoms with Crippen molar-refractivity contribution in [3.63, 3.8) is 0 Å². The van der Waals surface area contributed by atoms with Crippen LogP contribution in [0.25, 0.3) is 0 Å². The lowest BCUT2D eigenvalue weighted by Gasteiger charge is -2.12. The van der Waals surface area contributed by atoms with Crippen LogP contribution in [0, 0.1) is 12.8 Å². The first kappa shape index (κ1) is 13.4. The summed E-state index contributed by atoms with van der Waals surface area (Å²) in [5, 5.41) is 3.05. The number of nitrogens with one attached hydrogen (secondary N) is 1. The lowest BCUT2D eigenvalue weighted by molar-refractivity contribution is -0.119. The van der Waals surface area contributed by atoms with Gasteiger partial charge < -0.3 is 5.32 Å². The molecule has 0 saturated heterocycles. The monoisotopic (exact) mass is 329 g/mol. The van der Waals surface area contributed by atoms with Crippen LogP contribution in [0.4, 0.5) is 5.69 Å². The van der Waals surface area contributed by atoms with Crippen LogP contribution in [0.2, 0.25) is 0 Å². The topological polar surface area (TPSA) is 29.1 Å². The Balaban J connectivity index is 1.73. The minimum absolute atomic E-state index is 0.0407. The lowest BCUT2D eigenvalue weighted by atomic mass is 10.1. The summed E-state index contributed by atoms with van der Waals surface area (Å²) in [6.45, 7) is 2.01. The van der Waals surface area contributed by atoms with Crippen molar-refractivity contribution in [2.24, 2.45) is 5.92 Å². The van der Waals surface area contributed by atoms with E-state index in [0.29, 0.717) is 0 Å². The van der Waals surface area contributed by atoms with Crippen molar-refractivity contribution < 1.29 is 4.79 Å². The number of aryl methyl sites for hydroxylation is 1. The zero-order valence-corrected chi connectivity index (χ0v) is 12.9. The number of rotatable bonds is 2. The molecule has 0 aliphatic heterocycles. The molecule has 0 aromatic heterocycles. The third-order valence-electron chi connectivity index (χ3n) is 3.87. The average molecular weight is 330 g/mol. The Labute approximate surface area is 127 Å². The number of para-hydroxylation sites is 1. The molecular weight excluding hydrogens is 314 g/mol. The number of carbonyl (C=O) groups excluding carboxylic acids is 1. The minimum atomic E-state index is 0.0407. The van der Waals surface area contributed by atoms with Gasteiger partial charge in [0.05, 0.1) is 0 Å². The van der Waals surface area contributed by atoms with Gasteiger partial charge in [0.2, 0.25) is 5.91 Å². The molecule has 0 fully saturated rings. The van der Waals surface area contributed by atoms with Gasteiger partial charge in [0.25, 0.3) is 0 Å². The van der Waals surface area contributed by atoms with Gasteiger partial charge in [-0.2, -0.15) is 0 Å². The molecule has 0 bridgehead atoms. The quantitative estimate of drug-likeness (QED) is 0.882. The fourth-order valence-corrected chi connectivity index (χ4v) is 3.13. The van der Waals surface area contributed by atoms with Crippen molar-refractivity contribution in [2.75, 3.05) is 5.32 Å². The summed E-state index contributed by atoms with van der Waals surface area (Å²) in [7, 11) is 0. The van der Waals surface area contributed by atoms with E-state index < -0.39 is 0 Å². The van der Waals surface area contributed by atoms with Gasteiger partial charge in [-0.25, -0.2) is 0 Å². The summed E-state index contributed by atoms with van der Waals surface area (Å²) >= 11 is 3.48. The number of amides is 1. The van der Waals surface area contributed by atoms with E-state index >= 15 is 0 Å². The highest BCUT2D eigenvalue weighted by Gasteiger charge is 2.27. The summed E-state index contributed by atoms with van der Waals surface area (Å²) in [5.74, 6) is 0.158. The number of benzene rings is 2. The van der Waals surface area contributed by atoms with E-state index in [0.717, 1.165) is 28.6 Å². The van der Waals surface area contributed by atoms with Gasteiger partial charge in [-0.1, -0.05) is 40.2 Å². The normalized spacial score (nSPS) is 16.8. The van der Waals surface area contributed by atoms with E-state index in [9.17, 15) is 4.79 Å². The van der Waals surface area contributed by atoms with Crippen LogP contribution in [0.3, 0.4) is 0 Å². The fraction of sp³-hybridized carbons (Fsp3) is 0.235. The standard InChI is InChI=1S/C17H16BrNO/c1-11-4-2-3-5-16(11)19-17(20)14-8-12-6-7-15(18)10-13(12)9-14/h2-7,10,14H,8-9H2,1H3,(H,19,20). The first-order valence-corrected chi connectivity index (χ1v) is 7.56. The minimum Gasteiger partial charge on any atom is -0.326 e. The summed E-state index contributed by atoms with van der Waals surface area (Å²) in [4.78, 5) is 12.4. The van der Waals surface area contributed by atoms with Crippen molar-refractivity contribution in [2.45, 2.75) is 19.8 Å². The number of fused-ring (bicyclic) bond motifs is 1. The number of hydrogen-bond donors (Lipinski definition) is 1. The molecule has 1 N–H and O–H groups in total. The molecule has 2 aromatic rings. The van der Waals surface area contributed by atoms with Crippen LogP contribution in [0.15, 0.2) is 46.9 Å². The highest BCUT2D eigenvalue weighted by molar-refractivity contribution is 9.10. The highest BCUT2D eigenvalue weighted by Crippen LogP contribution is 2.30. The van der Waals surface area contributed by atoms with Gasteiger partial charge >= 0.3 is 0 Å². The number of anilines is 1. The Bertz CT molecular complexity index is 666. The van der Waals surface area contributed by atoms with Gasteiger partial charge in [0.1, 0.15) is 0 Å². The molecule has 2 nitrogen and oxygen atoms in total. The molecule has 1 amide bonds. The predicted molar refractivity (Wildman–Crippen MR) is 84.8 cm³/mol. The summed E-state index contributed by atoms with van der Waals surface area (Å²) in [5.41, 5.74) is 4.58. The first-order valence-electron chi connectivity index (χ1n) is 6.77. The van der Waals surface area contributed by atoms with E-state index in [2.05, 4.69) is 33.4 Å². The van der Waals surface area contributed by atoms with Crippen molar-refractivity contribution >= 4 is 27.5 Å². The zero-order chi connectivity index (χ0) is 14.1. The van der Waals surface area contributed by atoms with Crippen molar-refractivity contribution in [3.8, 4) is 0 Å². The van der Waals surface area contributed by atoms with Gasteiger partial charge in [-0.3, -0.25) is 4.79 Å². The Kier molecular flexibility index (Phi) is 3.62. The molecular formula is C17H16BrNO. The highest BCUT2D eigenvalue weighted by atomic mass is 79.9. The van der Waals surface area contributed by atoms with Crippen LogP contribution in [-0.4, -0.2) is 5.91 Å². The summed E-state index contributed by atoms with van der Waals surface area (Å²) < 4.78 is 1.08. The van der Waals surface area contributed by atoms with E-state index in [-0.39, 0.29) is 11.8 Å². The second-order valence-corrected chi connectivity index (χ2v) is 6.24. The Morgan fingerprint density at radius 1 is 1.15 bits per heavy atom. The maximum absolute atomic E-state index is 12.4. The van der Waals surface area contributed by atoms with E-state index in [1.807, 2.05) is 37.3 Å². The molecule has 3 heteroatoms.